The van der Waals surface area contributed by atoms with E-state index in [0.29, 0.717) is 5.69 Å². The van der Waals surface area contributed by atoms with Gasteiger partial charge in [-0.3, -0.25) is 4.72 Å². The summed E-state index contributed by atoms with van der Waals surface area (Å²) in [5.41, 5.74) is 2.21. The predicted octanol–water partition coefficient (Wildman–Crippen LogP) is 5.05. The fourth-order valence-corrected chi connectivity index (χ4v) is 6.45. The number of hydrogen-bond donors (Lipinski definition) is 1. The highest BCUT2D eigenvalue weighted by molar-refractivity contribution is 7.92. The van der Waals surface area contributed by atoms with Crippen molar-refractivity contribution in [3.63, 3.8) is 0 Å². The maximum Gasteiger partial charge on any atom is 0.232 e. The number of benzene rings is 1. The van der Waals surface area contributed by atoms with E-state index in [1.807, 2.05) is 12.1 Å². The summed E-state index contributed by atoms with van der Waals surface area (Å²) in [6.07, 6.45) is 10.0. The molecule has 2 unspecified atom stereocenters. The summed E-state index contributed by atoms with van der Waals surface area (Å²) >= 11 is 0. The van der Waals surface area contributed by atoms with Gasteiger partial charge in [0.05, 0.1) is 5.75 Å². The van der Waals surface area contributed by atoms with Gasteiger partial charge in [-0.15, -0.1) is 12.4 Å². The van der Waals surface area contributed by atoms with E-state index in [-0.39, 0.29) is 23.6 Å². The van der Waals surface area contributed by atoms with Crippen LogP contribution in [0.3, 0.4) is 0 Å². The third kappa shape index (κ3) is 4.94. The third-order valence-corrected chi connectivity index (χ3v) is 9.08. The van der Waals surface area contributed by atoms with E-state index >= 15 is 0 Å². The first-order valence-electron chi connectivity index (χ1n) is 11.3. The van der Waals surface area contributed by atoms with Gasteiger partial charge < -0.3 is 4.90 Å². The van der Waals surface area contributed by atoms with E-state index in [1.54, 1.807) is 6.92 Å². The number of anilines is 1. The highest BCUT2D eigenvalue weighted by atomic mass is 35.5. The minimum Gasteiger partial charge on any atom is -0.303 e. The Morgan fingerprint density at radius 1 is 1.14 bits per heavy atom. The second-order valence-corrected chi connectivity index (χ2v) is 11.5. The maximum atomic E-state index is 11.9. The highest BCUT2D eigenvalue weighted by Crippen LogP contribution is 2.63. The largest absolute Gasteiger partial charge is 0.303 e. The molecule has 2 atom stereocenters. The van der Waals surface area contributed by atoms with Crippen molar-refractivity contribution >= 4 is 28.1 Å². The third-order valence-electron chi connectivity index (χ3n) is 7.78. The van der Waals surface area contributed by atoms with Crippen LogP contribution in [0.25, 0.3) is 0 Å². The van der Waals surface area contributed by atoms with Gasteiger partial charge in [-0.05, 0) is 61.8 Å². The molecule has 1 aromatic rings. The number of halogens is 1. The van der Waals surface area contributed by atoms with E-state index in [1.165, 1.54) is 70.1 Å². The SMILES string of the molecule is CCS(=O)(=O)Nc1cccc(C2(C)C3CN(CCCC4CCCCC4)CC32)c1.Cl. The molecule has 4 nitrogen and oxygen atoms in total. The summed E-state index contributed by atoms with van der Waals surface area (Å²) in [5, 5.41) is 0. The summed E-state index contributed by atoms with van der Waals surface area (Å²) in [4.78, 5) is 2.67. The van der Waals surface area contributed by atoms with Gasteiger partial charge in [-0.1, -0.05) is 51.2 Å². The van der Waals surface area contributed by atoms with E-state index in [2.05, 4.69) is 28.7 Å². The van der Waals surface area contributed by atoms with Crippen LogP contribution in [0.4, 0.5) is 5.69 Å². The number of rotatable bonds is 8. The summed E-state index contributed by atoms with van der Waals surface area (Å²) < 4.78 is 26.5. The first-order valence-corrected chi connectivity index (χ1v) is 12.9. The Bertz CT molecular complexity index is 780. The molecule has 0 spiro atoms. The lowest BCUT2D eigenvalue weighted by Gasteiger charge is -2.26. The molecular weight excluding hydrogens is 404 g/mol. The van der Waals surface area contributed by atoms with Crippen LogP contribution < -0.4 is 4.72 Å². The zero-order valence-electron chi connectivity index (χ0n) is 17.9. The van der Waals surface area contributed by atoms with Gasteiger partial charge in [0.25, 0.3) is 0 Å². The van der Waals surface area contributed by atoms with Crippen LogP contribution in [0.5, 0.6) is 0 Å². The molecule has 6 heteroatoms. The van der Waals surface area contributed by atoms with Gasteiger partial charge in [0.2, 0.25) is 10.0 Å². The zero-order valence-corrected chi connectivity index (χ0v) is 19.5. The molecule has 0 amide bonds. The molecule has 0 bridgehead atoms. The Morgan fingerprint density at radius 2 is 1.83 bits per heavy atom. The van der Waals surface area contributed by atoms with Gasteiger partial charge in [0.1, 0.15) is 0 Å². The molecular formula is C23H37ClN2O2S. The lowest BCUT2D eigenvalue weighted by Crippen LogP contribution is -2.30. The Labute approximate surface area is 183 Å². The molecule has 1 saturated heterocycles. The van der Waals surface area contributed by atoms with Crippen LogP contribution in [0.2, 0.25) is 0 Å². The second kappa shape index (κ2) is 9.15. The van der Waals surface area contributed by atoms with Crippen molar-refractivity contribution in [3.05, 3.63) is 29.8 Å². The summed E-state index contributed by atoms with van der Waals surface area (Å²) in [6, 6.07) is 8.08. The first kappa shape index (κ1) is 22.9. The quantitative estimate of drug-likeness (QED) is 0.615. The van der Waals surface area contributed by atoms with Crippen molar-refractivity contribution in [2.24, 2.45) is 17.8 Å². The smallest absolute Gasteiger partial charge is 0.232 e. The van der Waals surface area contributed by atoms with Crippen LogP contribution >= 0.6 is 12.4 Å². The monoisotopic (exact) mass is 440 g/mol. The summed E-state index contributed by atoms with van der Waals surface area (Å²) in [5.74, 6) is 2.54. The van der Waals surface area contributed by atoms with Gasteiger partial charge in [0, 0.05) is 24.2 Å². The fraction of sp³-hybridized carbons (Fsp3) is 0.739. The molecule has 1 aliphatic heterocycles. The molecule has 1 N–H and O–H groups in total. The molecule has 1 aromatic carbocycles. The van der Waals surface area contributed by atoms with E-state index < -0.39 is 10.0 Å². The molecule has 3 aliphatic rings. The number of hydrogen-bond acceptors (Lipinski definition) is 3. The van der Waals surface area contributed by atoms with E-state index in [4.69, 9.17) is 0 Å². The molecule has 4 rings (SSSR count). The lowest BCUT2D eigenvalue weighted by atomic mass is 9.86. The van der Waals surface area contributed by atoms with Gasteiger partial charge in [-0.2, -0.15) is 0 Å². The van der Waals surface area contributed by atoms with Crippen LogP contribution in [0.15, 0.2) is 24.3 Å². The Morgan fingerprint density at radius 3 is 2.48 bits per heavy atom. The van der Waals surface area contributed by atoms with Crippen LogP contribution in [0.1, 0.15) is 64.4 Å². The van der Waals surface area contributed by atoms with Crippen molar-refractivity contribution in [1.82, 2.24) is 4.90 Å². The molecule has 1 heterocycles. The van der Waals surface area contributed by atoms with Crippen LogP contribution in [-0.4, -0.2) is 38.7 Å². The van der Waals surface area contributed by atoms with Crippen molar-refractivity contribution in [2.45, 2.75) is 64.2 Å². The molecule has 2 saturated carbocycles. The summed E-state index contributed by atoms with van der Waals surface area (Å²) in [6.45, 7) is 7.71. The topological polar surface area (TPSA) is 49.4 Å². The van der Waals surface area contributed by atoms with Crippen molar-refractivity contribution < 1.29 is 8.42 Å². The molecule has 3 fully saturated rings. The standard InChI is InChI=1S/C23H36N2O2S.ClH/c1-3-28(26,27)24-20-13-7-12-19(15-20)23(2)21-16-25(17-22(21)23)14-8-11-18-9-5-4-6-10-18;/h7,12-13,15,18,21-22,24H,3-6,8-11,14,16-17H2,1-2H3;1H. The van der Waals surface area contributed by atoms with Crippen molar-refractivity contribution in [3.8, 4) is 0 Å². The van der Waals surface area contributed by atoms with Crippen LogP contribution in [-0.2, 0) is 15.4 Å². The van der Waals surface area contributed by atoms with Crippen molar-refractivity contribution in [2.75, 3.05) is 30.1 Å². The number of sulfonamides is 1. The molecule has 0 radical (unpaired) electrons. The number of likely N-dealkylation sites (tertiary alicyclic amines) is 1. The normalized spacial score (nSPS) is 29.9. The minimum absolute atomic E-state index is 0. The van der Waals surface area contributed by atoms with E-state index in [9.17, 15) is 8.42 Å². The van der Waals surface area contributed by atoms with E-state index in [0.717, 1.165) is 17.8 Å². The van der Waals surface area contributed by atoms with Gasteiger partial charge >= 0.3 is 0 Å². The van der Waals surface area contributed by atoms with Crippen LogP contribution in [0, 0.1) is 17.8 Å². The molecule has 29 heavy (non-hydrogen) atoms. The number of piperidine rings is 1. The molecule has 164 valence electrons. The van der Waals surface area contributed by atoms with Crippen molar-refractivity contribution in [1.29, 1.82) is 0 Å². The Balaban J connectivity index is 0.00000240. The summed E-state index contributed by atoms with van der Waals surface area (Å²) in [7, 11) is -3.22. The first-order chi connectivity index (χ1) is 13.4. The predicted molar refractivity (Wildman–Crippen MR) is 123 cm³/mol. The minimum atomic E-state index is -3.22. The van der Waals surface area contributed by atoms with Gasteiger partial charge in [-0.25, -0.2) is 8.42 Å². The molecule has 2 aliphatic carbocycles. The fourth-order valence-electron chi connectivity index (χ4n) is 5.82. The number of nitrogens with zero attached hydrogens (tertiary/aromatic N) is 1. The van der Waals surface area contributed by atoms with Gasteiger partial charge in [0.15, 0.2) is 0 Å². The number of nitrogens with one attached hydrogen (secondary N) is 1. The second-order valence-electron chi connectivity index (χ2n) is 9.49. The number of fused-ring (bicyclic) bond motifs is 1. The Kier molecular flexibility index (Phi) is 7.23. The highest BCUT2D eigenvalue weighted by Gasteiger charge is 2.65. The average Bonchev–Trinajstić information content (AvgIpc) is 3.03. The Hall–Kier alpha value is -0.780. The average molecular weight is 441 g/mol. The zero-order chi connectivity index (χ0) is 19.8. The molecule has 0 aromatic heterocycles. The maximum absolute atomic E-state index is 11.9. The lowest BCUT2D eigenvalue weighted by molar-refractivity contribution is 0.253.